The van der Waals surface area contributed by atoms with Crippen molar-refractivity contribution in [1.82, 2.24) is 4.57 Å². The van der Waals surface area contributed by atoms with E-state index in [1.165, 1.54) is 6.07 Å². The molecule has 0 N–H and O–H groups in total. The summed E-state index contributed by atoms with van der Waals surface area (Å²) in [7, 11) is 0. The molecule has 114 valence electrons. The number of halogens is 5. The molecule has 22 heavy (non-hydrogen) atoms. The van der Waals surface area contributed by atoms with Crippen LogP contribution in [-0.2, 0) is 6.18 Å². The zero-order valence-electron chi connectivity index (χ0n) is 11.4. The molecule has 0 aliphatic rings. The number of benzene rings is 2. The standard InChI is InChI=1S/C16H10BrClF3N/c1-9-4-11(17)7-12(5-9)22-8-14(18)13-6-10(16(19,20)21)2-3-15(13)22/h2-8H,1H3. The van der Waals surface area contributed by atoms with Crippen molar-refractivity contribution in [3.63, 3.8) is 0 Å². The zero-order valence-corrected chi connectivity index (χ0v) is 13.7. The molecule has 0 saturated carbocycles. The van der Waals surface area contributed by atoms with Crippen molar-refractivity contribution in [2.75, 3.05) is 0 Å². The van der Waals surface area contributed by atoms with Gasteiger partial charge >= 0.3 is 6.18 Å². The number of fused-ring (bicyclic) bond motifs is 1. The molecular weight excluding hydrogens is 379 g/mol. The van der Waals surface area contributed by atoms with Crippen molar-refractivity contribution in [2.45, 2.75) is 13.1 Å². The molecule has 1 aromatic heterocycles. The van der Waals surface area contributed by atoms with Gasteiger partial charge in [-0.25, -0.2) is 0 Å². The van der Waals surface area contributed by atoms with E-state index in [2.05, 4.69) is 15.9 Å². The molecule has 0 aliphatic heterocycles. The van der Waals surface area contributed by atoms with E-state index in [-0.39, 0.29) is 0 Å². The Labute approximate surface area is 138 Å². The molecule has 3 aromatic rings. The monoisotopic (exact) mass is 387 g/mol. The summed E-state index contributed by atoms with van der Waals surface area (Å²) in [5.41, 5.74) is 1.80. The van der Waals surface area contributed by atoms with Crippen LogP contribution >= 0.6 is 27.5 Å². The van der Waals surface area contributed by atoms with Crippen molar-refractivity contribution >= 4 is 38.4 Å². The van der Waals surface area contributed by atoms with Crippen molar-refractivity contribution in [1.29, 1.82) is 0 Å². The third-order valence-electron chi connectivity index (χ3n) is 3.39. The quantitative estimate of drug-likeness (QED) is 0.456. The maximum atomic E-state index is 12.8. The van der Waals surface area contributed by atoms with Crippen LogP contribution in [0.4, 0.5) is 13.2 Å². The Balaban J connectivity index is 2.24. The Hall–Kier alpha value is -1.46. The number of aromatic nitrogens is 1. The van der Waals surface area contributed by atoms with E-state index in [1.807, 2.05) is 25.1 Å². The Kier molecular flexibility index (Phi) is 3.73. The van der Waals surface area contributed by atoms with E-state index < -0.39 is 11.7 Å². The summed E-state index contributed by atoms with van der Waals surface area (Å²) in [6.45, 7) is 1.95. The second-order valence-corrected chi connectivity index (χ2v) is 6.39. The largest absolute Gasteiger partial charge is 0.416 e. The van der Waals surface area contributed by atoms with Crippen molar-refractivity contribution in [2.24, 2.45) is 0 Å². The molecule has 2 aromatic carbocycles. The summed E-state index contributed by atoms with van der Waals surface area (Å²) in [5, 5.41) is 0.674. The predicted octanol–water partition coefficient (Wildman–Crippen LogP) is 6.37. The maximum absolute atomic E-state index is 12.8. The molecule has 0 bridgehead atoms. The second-order valence-electron chi connectivity index (χ2n) is 5.06. The highest BCUT2D eigenvalue weighted by Gasteiger charge is 2.31. The Morgan fingerprint density at radius 3 is 2.45 bits per heavy atom. The number of hydrogen-bond donors (Lipinski definition) is 0. The molecular formula is C16H10BrClF3N. The first-order chi connectivity index (χ1) is 10.3. The lowest BCUT2D eigenvalue weighted by Crippen LogP contribution is -2.04. The van der Waals surface area contributed by atoms with Gasteiger partial charge in [0, 0.05) is 21.7 Å². The second kappa shape index (κ2) is 5.32. The van der Waals surface area contributed by atoms with Gasteiger partial charge in [-0.05, 0) is 48.9 Å². The minimum atomic E-state index is -4.38. The summed E-state index contributed by atoms with van der Waals surface area (Å²) in [5.74, 6) is 0. The summed E-state index contributed by atoms with van der Waals surface area (Å²) in [4.78, 5) is 0. The van der Waals surface area contributed by atoms with Crippen molar-refractivity contribution < 1.29 is 13.2 Å². The van der Waals surface area contributed by atoms with Gasteiger partial charge in [-0.2, -0.15) is 13.2 Å². The number of alkyl halides is 3. The van der Waals surface area contributed by atoms with E-state index in [9.17, 15) is 13.2 Å². The van der Waals surface area contributed by atoms with Gasteiger partial charge in [0.2, 0.25) is 0 Å². The molecule has 0 radical (unpaired) electrons. The lowest BCUT2D eigenvalue weighted by Gasteiger charge is -2.09. The van der Waals surface area contributed by atoms with Crippen LogP contribution in [0.25, 0.3) is 16.6 Å². The topological polar surface area (TPSA) is 4.93 Å². The van der Waals surface area contributed by atoms with Gasteiger partial charge in [0.15, 0.2) is 0 Å². The molecule has 1 nitrogen and oxygen atoms in total. The SMILES string of the molecule is Cc1cc(Br)cc(-n2cc(Cl)c3cc(C(F)(F)F)ccc32)c1. The van der Waals surface area contributed by atoms with Gasteiger partial charge in [-0.1, -0.05) is 27.5 Å². The third-order valence-corrected chi connectivity index (χ3v) is 4.15. The van der Waals surface area contributed by atoms with Crippen LogP contribution in [-0.4, -0.2) is 4.57 Å². The molecule has 0 spiro atoms. The minimum absolute atomic E-state index is 0.290. The van der Waals surface area contributed by atoms with Crippen molar-refractivity contribution in [3.8, 4) is 5.69 Å². The minimum Gasteiger partial charge on any atom is -0.315 e. The Bertz CT molecular complexity index is 847. The first-order valence-electron chi connectivity index (χ1n) is 6.41. The van der Waals surface area contributed by atoms with Crippen LogP contribution in [0.5, 0.6) is 0 Å². The van der Waals surface area contributed by atoms with Gasteiger partial charge < -0.3 is 4.57 Å². The number of rotatable bonds is 1. The molecule has 3 rings (SSSR count). The lowest BCUT2D eigenvalue weighted by atomic mass is 10.1. The predicted molar refractivity (Wildman–Crippen MR) is 85.7 cm³/mol. The molecule has 0 saturated heterocycles. The molecule has 0 amide bonds. The summed E-state index contributed by atoms with van der Waals surface area (Å²) < 4.78 is 41.2. The number of hydrogen-bond acceptors (Lipinski definition) is 0. The normalized spacial score (nSPS) is 12.1. The fourth-order valence-electron chi connectivity index (χ4n) is 2.44. The van der Waals surface area contributed by atoms with Crippen LogP contribution in [0.3, 0.4) is 0 Å². The number of nitrogens with zero attached hydrogens (tertiary/aromatic N) is 1. The Morgan fingerprint density at radius 2 is 1.82 bits per heavy atom. The molecule has 0 aliphatic carbocycles. The van der Waals surface area contributed by atoms with E-state index in [4.69, 9.17) is 11.6 Å². The molecule has 1 heterocycles. The molecule has 0 fully saturated rings. The van der Waals surface area contributed by atoms with E-state index >= 15 is 0 Å². The van der Waals surface area contributed by atoms with Gasteiger partial charge in [0.1, 0.15) is 0 Å². The first-order valence-corrected chi connectivity index (χ1v) is 7.58. The maximum Gasteiger partial charge on any atom is 0.416 e. The average Bonchev–Trinajstić information content (AvgIpc) is 2.74. The molecule has 6 heteroatoms. The summed E-state index contributed by atoms with van der Waals surface area (Å²) in [6, 6.07) is 9.39. The van der Waals surface area contributed by atoms with E-state index in [0.29, 0.717) is 15.9 Å². The number of aryl methyl sites for hydroxylation is 1. The van der Waals surface area contributed by atoms with Crippen LogP contribution in [0.15, 0.2) is 47.1 Å². The fraction of sp³-hybridized carbons (Fsp3) is 0.125. The van der Waals surface area contributed by atoms with Gasteiger partial charge in [0.05, 0.1) is 16.1 Å². The van der Waals surface area contributed by atoms with E-state index in [0.717, 1.165) is 27.9 Å². The van der Waals surface area contributed by atoms with Gasteiger partial charge in [-0.3, -0.25) is 0 Å². The average molecular weight is 389 g/mol. The molecule has 0 atom stereocenters. The smallest absolute Gasteiger partial charge is 0.315 e. The van der Waals surface area contributed by atoms with Crippen LogP contribution in [0, 0.1) is 6.92 Å². The van der Waals surface area contributed by atoms with Crippen molar-refractivity contribution in [3.05, 3.63) is 63.2 Å². The summed E-state index contributed by atoms with van der Waals surface area (Å²) in [6.07, 6.45) is -2.75. The fourth-order valence-corrected chi connectivity index (χ4v) is 3.28. The van der Waals surface area contributed by atoms with Gasteiger partial charge in [-0.15, -0.1) is 0 Å². The highest BCUT2D eigenvalue weighted by atomic mass is 79.9. The van der Waals surface area contributed by atoms with Crippen LogP contribution in [0.1, 0.15) is 11.1 Å². The van der Waals surface area contributed by atoms with Gasteiger partial charge in [0.25, 0.3) is 0 Å². The zero-order chi connectivity index (χ0) is 16.1. The van der Waals surface area contributed by atoms with E-state index in [1.54, 1.807) is 10.8 Å². The van der Waals surface area contributed by atoms with Crippen LogP contribution in [0.2, 0.25) is 5.02 Å². The lowest BCUT2D eigenvalue weighted by molar-refractivity contribution is -0.137. The third kappa shape index (κ3) is 2.75. The molecule has 0 unspecified atom stereocenters. The highest BCUT2D eigenvalue weighted by molar-refractivity contribution is 9.10. The summed E-state index contributed by atoms with van der Waals surface area (Å²) >= 11 is 9.55. The highest BCUT2D eigenvalue weighted by Crippen LogP contribution is 2.35. The Morgan fingerprint density at radius 1 is 1.09 bits per heavy atom. The van der Waals surface area contributed by atoms with Crippen LogP contribution < -0.4 is 0 Å². The first kappa shape index (κ1) is 15.4.